The summed E-state index contributed by atoms with van der Waals surface area (Å²) in [7, 11) is 0. The highest BCUT2D eigenvalue weighted by atomic mass is 35.5. The quantitative estimate of drug-likeness (QED) is 0.486. The molecule has 0 aromatic heterocycles. The van der Waals surface area contributed by atoms with Crippen molar-refractivity contribution in [2.75, 3.05) is 13.1 Å². The second-order valence-corrected chi connectivity index (χ2v) is 4.27. The summed E-state index contributed by atoms with van der Waals surface area (Å²) in [5.74, 6) is 0.753. The molecule has 0 saturated carbocycles. The molecule has 0 spiro atoms. The van der Waals surface area contributed by atoms with E-state index in [1.807, 2.05) is 6.92 Å². The van der Waals surface area contributed by atoms with Crippen LogP contribution < -0.4 is 5.32 Å². The molecule has 1 N–H and O–H groups in total. The Balaban J connectivity index is 2.91. The number of hydrogen-bond donors (Lipinski definition) is 1. The minimum absolute atomic E-state index is 0.329. The Morgan fingerprint density at radius 2 is 1.91 bits per heavy atom. The SMILES string of the molecule is CC(C)CNCCCC(C)Cl. The third-order valence-electron chi connectivity index (χ3n) is 1.51. The molecule has 0 heterocycles. The van der Waals surface area contributed by atoms with E-state index in [0.29, 0.717) is 5.38 Å². The van der Waals surface area contributed by atoms with Crippen LogP contribution in [-0.4, -0.2) is 18.5 Å². The van der Waals surface area contributed by atoms with Crippen molar-refractivity contribution in [1.82, 2.24) is 5.32 Å². The van der Waals surface area contributed by atoms with E-state index >= 15 is 0 Å². The molecule has 1 unspecified atom stereocenters. The Hall–Kier alpha value is 0.250. The smallest absolute Gasteiger partial charge is 0.0308 e. The Bertz CT molecular complexity index is 71.6. The van der Waals surface area contributed by atoms with Crippen LogP contribution in [0, 0.1) is 5.92 Å². The third-order valence-corrected chi connectivity index (χ3v) is 1.73. The summed E-state index contributed by atoms with van der Waals surface area (Å²) in [4.78, 5) is 0. The van der Waals surface area contributed by atoms with Crippen LogP contribution in [0.5, 0.6) is 0 Å². The summed E-state index contributed by atoms with van der Waals surface area (Å²) in [6, 6.07) is 0. The second kappa shape index (κ2) is 6.93. The number of rotatable bonds is 6. The fraction of sp³-hybridized carbons (Fsp3) is 1.00. The van der Waals surface area contributed by atoms with E-state index in [4.69, 9.17) is 11.6 Å². The van der Waals surface area contributed by atoms with E-state index in [9.17, 15) is 0 Å². The van der Waals surface area contributed by atoms with E-state index < -0.39 is 0 Å². The van der Waals surface area contributed by atoms with Gasteiger partial charge in [-0.2, -0.15) is 0 Å². The maximum absolute atomic E-state index is 5.79. The van der Waals surface area contributed by atoms with Crippen LogP contribution in [0.4, 0.5) is 0 Å². The Kier molecular flexibility index (Phi) is 7.09. The van der Waals surface area contributed by atoms with Crippen LogP contribution in [0.3, 0.4) is 0 Å². The van der Waals surface area contributed by atoms with Crippen molar-refractivity contribution in [2.45, 2.75) is 39.0 Å². The topological polar surface area (TPSA) is 12.0 Å². The Morgan fingerprint density at radius 1 is 1.27 bits per heavy atom. The molecule has 0 aromatic carbocycles. The van der Waals surface area contributed by atoms with Crippen LogP contribution in [0.1, 0.15) is 33.6 Å². The molecule has 0 saturated heterocycles. The van der Waals surface area contributed by atoms with E-state index in [2.05, 4.69) is 19.2 Å². The predicted octanol–water partition coefficient (Wildman–Crippen LogP) is 2.64. The molecule has 0 rings (SSSR count). The zero-order valence-electron chi connectivity index (χ0n) is 7.86. The Labute approximate surface area is 75.5 Å². The molecule has 0 amide bonds. The molecule has 0 aliphatic carbocycles. The van der Waals surface area contributed by atoms with E-state index in [-0.39, 0.29) is 0 Å². The molecule has 11 heavy (non-hydrogen) atoms. The second-order valence-electron chi connectivity index (χ2n) is 3.52. The van der Waals surface area contributed by atoms with Gasteiger partial charge in [-0.25, -0.2) is 0 Å². The monoisotopic (exact) mass is 177 g/mol. The highest BCUT2D eigenvalue weighted by molar-refractivity contribution is 6.20. The fourth-order valence-electron chi connectivity index (χ4n) is 0.899. The van der Waals surface area contributed by atoms with Gasteiger partial charge in [0.1, 0.15) is 0 Å². The lowest BCUT2D eigenvalue weighted by Crippen LogP contribution is -2.21. The fourth-order valence-corrected chi connectivity index (χ4v) is 1.05. The largest absolute Gasteiger partial charge is 0.316 e. The summed E-state index contributed by atoms with van der Waals surface area (Å²) in [5, 5.41) is 3.71. The van der Waals surface area contributed by atoms with Crippen LogP contribution >= 0.6 is 11.6 Å². The lowest BCUT2D eigenvalue weighted by atomic mass is 10.2. The number of nitrogens with one attached hydrogen (secondary N) is 1. The summed E-state index contributed by atoms with van der Waals surface area (Å²) in [5.41, 5.74) is 0. The molecule has 2 heteroatoms. The van der Waals surface area contributed by atoms with Crippen LogP contribution in [0.25, 0.3) is 0 Å². The van der Waals surface area contributed by atoms with Crippen molar-refractivity contribution in [3.05, 3.63) is 0 Å². The predicted molar refractivity (Wildman–Crippen MR) is 52.3 cm³/mol. The lowest BCUT2D eigenvalue weighted by molar-refractivity contribution is 0.535. The maximum Gasteiger partial charge on any atom is 0.0308 e. The molecule has 0 aromatic rings. The van der Waals surface area contributed by atoms with Gasteiger partial charge < -0.3 is 5.32 Å². The molecular formula is C9H20ClN. The molecule has 0 fully saturated rings. The van der Waals surface area contributed by atoms with Crippen molar-refractivity contribution in [3.63, 3.8) is 0 Å². The normalized spacial score (nSPS) is 13.9. The summed E-state index contributed by atoms with van der Waals surface area (Å²) in [6.45, 7) is 8.71. The number of alkyl halides is 1. The molecule has 0 aliphatic heterocycles. The van der Waals surface area contributed by atoms with Crippen LogP contribution in [0.2, 0.25) is 0 Å². The molecule has 0 radical (unpaired) electrons. The highest BCUT2D eigenvalue weighted by Crippen LogP contribution is 2.02. The first-order valence-corrected chi connectivity index (χ1v) is 4.91. The van der Waals surface area contributed by atoms with Crippen molar-refractivity contribution < 1.29 is 0 Å². The van der Waals surface area contributed by atoms with Crippen molar-refractivity contribution in [1.29, 1.82) is 0 Å². The van der Waals surface area contributed by atoms with Gasteiger partial charge >= 0.3 is 0 Å². The summed E-state index contributed by atoms with van der Waals surface area (Å²) in [6.07, 6.45) is 2.31. The van der Waals surface area contributed by atoms with E-state index in [1.54, 1.807) is 0 Å². The van der Waals surface area contributed by atoms with Crippen LogP contribution in [0.15, 0.2) is 0 Å². The average molecular weight is 178 g/mol. The average Bonchev–Trinajstić information content (AvgIpc) is 1.85. The van der Waals surface area contributed by atoms with Gasteiger partial charge in [0.15, 0.2) is 0 Å². The first kappa shape index (κ1) is 11.2. The van der Waals surface area contributed by atoms with Crippen LogP contribution in [-0.2, 0) is 0 Å². The molecule has 0 aliphatic rings. The van der Waals surface area contributed by atoms with E-state index in [1.165, 1.54) is 6.42 Å². The first-order chi connectivity index (χ1) is 5.13. The molecule has 68 valence electrons. The van der Waals surface area contributed by atoms with Crippen molar-refractivity contribution in [3.8, 4) is 0 Å². The summed E-state index contributed by atoms with van der Waals surface area (Å²) >= 11 is 5.79. The Morgan fingerprint density at radius 3 is 2.36 bits per heavy atom. The zero-order chi connectivity index (χ0) is 8.69. The van der Waals surface area contributed by atoms with E-state index in [0.717, 1.165) is 25.4 Å². The molecule has 0 bridgehead atoms. The van der Waals surface area contributed by atoms with Gasteiger partial charge in [0, 0.05) is 5.38 Å². The number of hydrogen-bond acceptors (Lipinski definition) is 1. The molecular weight excluding hydrogens is 158 g/mol. The molecule has 1 atom stereocenters. The molecule has 1 nitrogen and oxygen atoms in total. The van der Waals surface area contributed by atoms with Crippen molar-refractivity contribution >= 4 is 11.6 Å². The number of halogens is 1. The van der Waals surface area contributed by atoms with Gasteiger partial charge in [-0.3, -0.25) is 0 Å². The minimum atomic E-state index is 0.329. The maximum atomic E-state index is 5.79. The minimum Gasteiger partial charge on any atom is -0.316 e. The van der Waals surface area contributed by atoms with Crippen molar-refractivity contribution in [2.24, 2.45) is 5.92 Å². The van der Waals surface area contributed by atoms with Gasteiger partial charge in [-0.05, 0) is 38.8 Å². The third kappa shape index (κ3) is 10.2. The highest BCUT2D eigenvalue weighted by Gasteiger charge is 1.96. The zero-order valence-corrected chi connectivity index (χ0v) is 8.62. The standard InChI is InChI=1S/C9H20ClN/c1-8(2)7-11-6-4-5-9(3)10/h8-9,11H,4-7H2,1-3H3. The van der Waals surface area contributed by atoms with Gasteiger partial charge in [-0.1, -0.05) is 13.8 Å². The summed E-state index contributed by atoms with van der Waals surface area (Å²) < 4.78 is 0. The first-order valence-electron chi connectivity index (χ1n) is 4.47. The van der Waals surface area contributed by atoms with Gasteiger partial charge in [0.2, 0.25) is 0 Å². The van der Waals surface area contributed by atoms with Gasteiger partial charge in [-0.15, -0.1) is 11.6 Å². The van der Waals surface area contributed by atoms with Gasteiger partial charge in [0.25, 0.3) is 0 Å². The van der Waals surface area contributed by atoms with Gasteiger partial charge in [0.05, 0.1) is 0 Å². The lowest BCUT2D eigenvalue weighted by Gasteiger charge is -2.07.